The fourth-order valence-corrected chi connectivity index (χ4v) is 2.23. The Bertz CT molecular complexity index is 212. The van der Waals surface area contributed by atoms with Gasteiger partial charge in [0.1, 0.15) is 0 Å². The SMILES string of the molecule is CNCCCOC1(C(=O)OC)CCCCC1. The Morgan fingerprint density at radius 1 is 1.31 bits per heavy atom. The molecule has 0 aliphatic heterocycles. The number of esters is 1. The summed E-state index contributed by atoms with van der Waals surface area (Å²) in [5, 5.41) is 3.06. The van der Waals surface area contributed by atoms with Crippen LogP contribution in [0.15, 0.2) is 0 Å². The lowest BCUT2D eigenvalue weighted by atomic mass is 9.84. The van der Waals surface area contributed by atoms with Crippen molar-refractivity contribution in [3.8, 4) is 0 Å². The van der Waals surface area contributed by atoms with Crippen LogP contribution in [0, 0.1) is 0 Å². The monoisotopic (exact) mass is 229 g/mol. The van der Waals surface area contributed by atoms with Gasteiger partial charge in [0.25, 0.3) is 0 Å². The third-order valence-electron chi connectivity index (χ3n) is 3.17. The zero-order valence-electron chi connectivity index (χ0n) is 10.4. The van der Waals surface area contributed by atoms with Gasteiger partial charge in [-0.15, -0.1) is 0 Å². The molecule has 0 aromatic heterocycles. The van der Waals surface area contributed by atoms with E-state index in [4.69, 9.17) is 9.47 Å². The standard InChI is InChI=1S/C12H23NO3/c1-13-9-6-10-16-12(11(14)15-2)7-4-3-5-8-12/h13H,3-10H2,1-2H3. The van der Waals surface area contributed by atoms with Crippen LogP contribution >= 0.6 is 0 Å². The van der Waals surface area contributed by atoms with Gasteiger partial charge in [0.05, 0.1) is 7.11 Å². The third kappa shape index (κ3) is 3.46. The lowest BCUT2D eigenvalue weighted by Crippen LogP contribution is -2.44. The van der Waals surface area contributed by atoms with E-state index in [0.717, 1.165) is 38.6 Å². The van der Waals surface area contributed by atoms with Crippen molar-refractivity contribution in [3.05, 3.63) is 0 Å². The first-order valence-corrected chi connectivity index (χ1v) is 6.12. The van der Waals surface area contributed by atoms with E-state index in [1.54, 1.807) is 0 Å². The fourth-order valence-electron chi connectivity index (χ4n) is 2.23. The summed E-state index contributed by atoms with van der Waals surface area (Å²) >= 11 is 0. The average Bonchev–Trinajstić information content (AvgIpc) is 2.35. The molecule has 0 aromatic rings. The highest BCUT2D eigenvalue weighted by molar-refractivity contribution is 5.79. The smallest absolute Gasteiger partial charge is 0.338 e. The van der Waals surface area contributed by atoms with Crippen molar-refractivity contribution >= 4 is 5.97 Å². The summed E-state index contributed by atoms with van der Waals surface area (Å²) in [5.41, 5.74) is -0.652. The number of methoxy groups -OCH3 is 1. The van der Waals surface area contributed by atoms with Crippen LogP contribution in [-0.2, 0) is 14.3 Å². The molecule has 0 spiro atoms. The Morgan fingerprint density at radius 3 is 2.56 bits per heavy atom. The summed E-state index contributed by atoms with van der Waals surface area (Å²) in [7, 11) is 3.35. The maximum absolute atomic E-state index is 11.8. The molecule has 94 valence electrons. The molecule has 4 nitrogen and oxygen atoms in total. The van der Waals surface area contributed by atoms with E-state index < -0.39 is 5.60 Å². The van der Waals surface area contributed by atoms with Crippen molar-refractivity contribution in [2.45, 2.75) is 44.1 Å². The van der Waals surface area contributed by atoms with Crippen molar-refractivity contribution < 1.29 is 14.3 Å². The molecule has 0 saturated heterocycles. The molecular formula is C12H23NO3. The first-order chi connectivity index (χ1) is 7.75. The Kier molecular flexibility index (Phi) is 5.77. The summed E-state index contributed by atoms with van der Waals surface area (Å²) in [6.07, 6.45) is 5.84. The van der Waals surface area contributed by atoms with E-state index >= 15 is 0 Å². The predicted molar refractivity (Wildman–Crippen MR) is 62.3 cm³/mol. The van der Waals surface area contributed by atoms with Crippen LogP contribution in [0.1, 0.15) is 38.5 Å². The Labute approximate surface area is 97.7 Å². The van der Waals surface area contributed by atoms with Gasteiger partial charge in [-0.05, 0) is 45.7 Å². The number of ether oxygens (including phenoxy) is 2. The van der Waals surface area contributed by atoms with Crippen LogP contribution in [0.2, 0.25) is 0 Å². The minimum absolute atomic E-state index is 0.198. The summed E-state index contributed by atoms with van der Waals surface area (Å²) in [4.78, 5) is 11.8. The number of hydrogen-bond acceptors (Lipinski definition) is 4. The highest BCUT2D eigenvalue weighted by Crippen LogP contribution is 2.32. The van der Waals surface area contributed by atoms with E-state index in [1.165, 1.54) is 13.5 Å². The molecule has 1 fully saturated rings. The molecule has 4 heteroatoms. The van der Waals surface area contributed by atoms with E-state index in [0.29, 0.717) is 6.61 Å². The van der Waals surface area contributed by atoms with Crippen molar-refractivity contribution in [2.24, 2.45) is 0 Å². The first-order valence-electron chi connectivity index (χ1n) is 6.12. The van der Waals surface area contributed by atoms with Gasteiger partial charge in [-0.1, -0.05) is 6.42 Å². The maximum atomic E-state index is 11.8. The average molecular weight is 229 g/mol. The summed E-state index contributed by atoms with van der Waals surface area (Å²) < 4.78 is 10.7. The Balaban J connectivity index is 2.46. The molecule has 1 saturated carbocycles. The number of carbonyl (C=O) groups is 1. The second-order valence-electron chi connectivity index (χ2n) is 4.35. The van der Waals surface area contributed by atoms with Crippen LogP contribution in [0.3, 0.4) is 0 Å². The van der Waals surface area contributed by atoms with Gasteiger partial charge in [-0.25, -0.2) is 4.79 Å². The number of hydrogen-bond donors (Lipinski definition) is 1. The molecule has 1 N–H and O–H groups in total. The van der Waals surface area contributed by atoms with Crippen molar-refractivity contribution in [1.29, 1.82) is 0 Å². The molecule has 0 amide bonds. The van der Waals surface area contributed by atoms with Gasteiger partial charge >= 0.3 is 5.97 Å². The molecule has 0 bridgehead atoms. The minimum Gasteiger partial charge on any atom is -0.467 e. The Hall–Kier alpha value is -0.610. The maximum Gasteiger partial charge on any atom is 0.338 e. The first kappa shape index (κ1) is 13.5. The normalized spacial score (nSPS) is 19.4. The highest BCUT2D eigenvalue weighted by atomic mass is 16.6. The molecule has 0 unspecified atom stereocenters. The molecule has 0 heterocycles. The zero-order valence-corrected chi connectivity index (χ0v) is 10.4. The van der Waals surface area contributed by atoms with E-state index in [2.05, 4.69) is 5.32 Å². The minimum atomic E-state index is -0.652. The highest BCUT2D eigenvalue weighted by Gasteiger charge is 2.41. The lowest BCUT2D eigenvalue weighted by molar-refractivity contribution is -0.174. The largest absolute Gasteiger partial charge is 0.467 e. The predicted octanol–water partition coefficient (Wildman–Crippen LogP) is 1.49. The van der Waals surface area contributed by atoms with Crippen molar-refractivity contribution in [2.75, 3.05) is 27.3 Å². The number of rotatable bonds is 6. The van der Waals surface area contributed by atoms with Crippen molar-refractivity contribution in [1.82, 2.24) is 5.32 Å². The van der Waals surface area contributed by atoms with Gasteiger partial charge in [0.2, 0.25) is 0 Å². The second kappa shape index (κ2) is 6.86. The van der Waals surface area contributed by atoms with Crippen LogP contribution in [0.4, 0.5) is 0 Å². The van der Waals surface area contributed by atoms with Crippen LogP contribution in [0.25, 0.3) is 0 Å². The third-order valence-corrected chi connectivity index (χ3v) is 3.17. The molecule has 1 rings (SSSR count). The number of carbonyl (C=O) groups excluding carboxylic acids is 1. The molecule has 16 heavy (non-hydrogen) atoms. The van der Waals surface area contributed by atoms with Gasteiger partial charge < -0.3 is 14.8 Å². The van der Waals surface area contributed by atoms with Gasteiger partial charge in [-0.2, -0.15) is 0 Å². The van der Waals surface area contributed by atoms with Gasteiger partial charge in [0.15, 0.2) is 5.60 Å². The van der Waals surface area contributed by atoms with Crippen molar-refractivity contribution in [3.63, 3.8) is 0 Å². The molecule has 1 aliphatic carbocycles. The molecular weight excluding hydrogens is 206 g/mol. The van der Waals surface area contributed by atoms with Crippen LogP contribution in [0.5, 0.6) is 0 Å². The van der Waals surface area contributed by atoms with Crippen LogP contribution in [-0.4, -0.2) is 38.9 Å². The summed E-state index contributed by atoms with van der Waals surface area (Å²) in [6, 6.07) is 0. The zero-order chi connectivity index (χ0) is 11.9. The second-order valence-corrected chi connectivity index (χ2v) is 4.35. The molecule has 0 atom stereocenters. The number of nitrogens with one attached hydrogen (secondary N) is 1. The van der Waals surface area contributed by atoms with E-state index in [9.17, 15) is 4.79 Å². The summed E-state index contributed by atoms with van der Waals surface area (Å²) in [5.74, 6) is -0.198. The van der Waals surface area contributed by atoms with E-state index in [1.807, 2.05) is 7.05 Å². The summed E-state index contributed by atoms with van der Waals surface area (Å²) in [6.45, 7) is 1.53. The molecule has 0 aromatic carbocycles. The lowest BCUT2D eigenvalue weighted by Gasteiger charge is -2.34. The van der Waals surface area contributed by atoms with E-state index in [-0.39, 0.29) is 5.97 Å². The quantitative estimate of drug-likeness (QED) is 0.554. The fraction of sp³-hybridized carbons (Fsp3) is 0.917. The van der Waals surface area contributed by atoms with Gasteiger partial charge in [0, 0.05) is 6.61 Å². The van der Waals surface area contributed by atoms with Gasteiger partial charge in [-0.3, -0.25) is 0 Å². The topological polar surface area (TPSA) is 47.6 Å². The Morgan fingerprint density at radius 2 is 2.00 bits per heavy atom. The van der Waals surface area contributed by atoms with Crippen LogP contribution < -0.4 is 5.32 Å². The molecule has 1 aliphatic rings. The molecule has 0 radical (unpaired) electrons.